The van der Waals surface area contributed by atoms with Gasteiger partial charge in [0.1, 0.15) is 11.8 Å². The second-order valence-electron chi connectivity index (χ2n) is 6.37. The highest BCUT2D eigenvalue weighted by molar-refractivity contribution is 5.96. The first kappa shape index (κ1) is 19.0. The van der Waals surface area contributed by atoms with Crippen LogP contribution in [0.25, 0.3) is 11.3 Å². The number of hydrogen-bond acceptors (Lipinski definition) is 3. The standard InChI is InChI=1S/C19H19F3N2O3/c1-23-17(25)14-7-2-3-10-24(14)18(26)16-9-8-15(27-16)12-5-4-6-13(11-12)19(20,21)22/h4-6,8-9,11,14H,2-3,7,10H2,1H3,(H,23,25)/t14-/m1/s1. The molecule has 1 aromatic carbocycles. The predicted octanol–water partition coefficient (Wildman–Crippen LogP) is 3.71. The predicted molar refractivity (Wildman–Crippen MR) is 91.9 cm³/mol. The van der Waals surface area contributed by atoms with Crippen molar-refractivity contribution in [1.82, 2.24) is 10.2 Å². The molecule has 2 heterocycles. The number of alkyl halides is 3. The Labute approximate surface area is 154 Å². The SMILES string of the molecule is CNC(=O)[C@H]1CCCCN1C(=O)c1ccc(-c2cccc(C(F)(F)F)c2)o1. The molecule has 3 rings (SSSR count). The molecule has 0 radical (unpaired) electrons. The number of carbonyl (C=O) groups is 2. The lowest BCUT2D eigenvalue weighted by atomic mass is 10.0. The Morgan fingerprint density at radius 1 is 1.19 bits per heavy atom. The number of nitrogens with zero attached hydrogens (tertiary/aromatic N) is 1. The molecular weight excluding hydrogens is 361 g/mol. The van der Waals surface area contributed by atoms with Crippen LogP contribution >= 0.6 is 0 Å². The zero-order valence-corrected chi connectivity index (χ0v) is 14.7. The summed E-state index contributed by atoms with van der Waals surface area (Å²) in [5.74, 6) is -0.523. The van der Waals surface area contributed by atoms with E-state index in [2.05, 4.69) is 5.32 Å². The number of amides is 2. The van der Waals surface area contributed by atoms with Gasteiger partial charge in [0.25, 0.3) is 5.91 Å². The number of benzene rings is 1. The van der Waals surface area contributed by atoms with Crippen molar-refractivity contribution < 1.29 is 27.2 Å². The second-order valence-corrected chi connectivity index (χ2v) is 6.37. The van der Waals surface area contributed by atoms with Crippen molar-refractivity contribution in [2.45, 2.75) is 31.5 Å². The molecule has 1 aliphatic heterocycles. The summed E-state index contributed by atoms with van der Waals surface area (Å²) >= 11 is 0. The summed E-state index contributed by atoms with van der Waals surface area (Å²) in [5, 5.41) is 2.55. The summed E-state index contributed by atoms with van der Waals surface area (Å²) < 4.78 is 44.2. The van der Waals surface area contributed by atoms with Gasteiger partial charge in [0, 0.05) is 19.2 Å². The number of furan rings is 1. The van der Waals surface area contributed by atoms with Gasteiger partial charge in [-0.2, -0.15) is 13.2 Å². The molecule has 1 atom stereocenters. The number of rotatable bonds is 3. The van der Waals surface area contributed by atoms with Crippen molar-refractivity contribution in [3.8, 4) is 11.3 Å². The Balaban J connectivity index is 1.85. The molecule has 8 heteroatoms. The Morgan fingerprint density at radius 3 is 2.67 bits per heavy atom. The summed E-state index contributed by atoms with van der Waals surface area (Å²) in [6.45, 7) is 0.427. The molecule has 0 aliphatic carbocycles. The summed E-state index contributed by atoms with van der Waals surface area (Å²) in [6, 6.07) is 7.03. The number of halogens is 3. The first-order valence-corrected chi connectivity index (χ1v) is 8.61. The lowest BCUT2D eigenvalue weighted by Gasteiger charge is -2.33. The molecule has 1 fully saturated rings. The van der Waals surface area contributed by atoms with E-state index in [-0.39, 0.29) is 23.0 Å². The average Bonchev–Trinajstić information content (AvgIpc) is 3.16. The molecule has 27 heavy (non-hydrogen) atoms. The van der Waals surface area contributed by atoms with E-state index in [1.54, 1.807) is 0 Å². The van der Waals surface area contributed by atoms with E-state index in [0.29, 0.717) is 13.0 Å². The van der Waals surface area contributed by atoms with Gasteiger partial charge < -0.3 is 14.6 Å². The monoisotopic (exact) mass is 380 g/mol. The molecular formula is C19H19F3N2O3. The third-order valence-electron chi connectivity index (χ3n) is 4.60. The first-order valence-electron chi connectivity index (χ1n) is 8.61. The molecule has 2 amide bonds. The lowest BCUT2D eigenvalue weighted by molar-refractivity contribution is -0.137. The summed E-state index contributed by atoms with van der Waals surface area (Å²) in [5.41, 5.74) is -0.564. The van der Waals surface area contributed by atoms with E-state index in [9.17, 15) is 22.8 Å². The summed E-state index contributed by atoms with van der Waals surface area (Å²) in [6.07, 6.45) is -2.28. The number of carbonyl (C=O) groups excluding carboxylic acids is 2. The van der Waals surface area contributed by atoms with Crippen LogP contribution in [0.2, 0.25) is 0 Å². The van der Waals surface area contributed by atoms with E-state index >= 15 is 0 Å². The van der Waals surface area contributed by atoms with Gasteiger partial charge in [-0.15, -0.1) is 0 Å². The zero-order valence-electron chi connectivity index (χ0n) is 14.7. The van der Waals surface area contributed by atoms with Gasteiger partial charge in [0.15, 0.2) is 5.76 Å². The van der Waals surface area contributed by atoms with Crippen LogP contribution in [0.5, 0.6) is 0 Å². The van der Waals surface area contributed by atoms with Crippen LogP contribution in [0.3, 0.4) is 0 Å². The normalized spacial score (nSPS) is 17.6. The van der Waals surface area contributed by atoms with Gasteiger partial charge in [-0.05, 0) is 43.5 Å². The molecule has 0 spiro atoms. The fourth-order valence-electron chi connectivity index (χ4n) is 3.21. The fourth-order valence-corrected chi connectivity index (χ4v) is 3.21. The Morgan fingerprint density at radius 2 is 1.96 bits per heavy atom. The van der Waals surface area contributed by atoms with E-state index in [4.69, 9.17) is 4.42 Å². The van der Waals surface area contributed by atoms with Gasteiger partial charge in [0.05, 0.1) is 5.56 Å². The minimum absolute atomic E-state index is 0.00165. The molecule has 0 unspecified atom stereocenters. The van der Waals surface area contributed by atoms with Crippen molar-refractivity contribution in [2.75, 3.05) is 13.6 Å². The van der Waals surface area contributed by atoms with Crippen LogP contribution in [0, 0.1) is 0 Å². The average molecular weight is 380 g/mol. The van der Waals surface area contributed by atoms with Crippen LogP contribution in [0.1, 0.15) is 35.4 Å². The molecule has 1 aliphatic rings. The van der Waals surface area contributed by atoms with Crippen molar-refractivity contribution in [3.63, 3.8) is 0 Å². The van der Waals surface area contributed by atoms with Crippen LogP contribution in [-0.2, 0) is 11.0 Å². The second kappa shape index (κ2) is 7.46. The van der Waals surface area contributed by atoms with Crippen molar-refractivity contribution in [2.24, 2.45) is 0 Å². The first-order chi connectivity index (χ1) is 12.8. The largest absolute Gasteiger partial charge is 0.451 e. The van der Waals surface area contributed by atoms with Crippen molar-refractivity contribution in [1.29, 1.82) is 0 Å². The Bertz CT molecular complexity index is 845. The Hall–Kier alpha value is -2.77. The molecule has 2 aromatic rings. The highest BCUT2D eigenvalue weighted by atomic mass is 19.4. The molecule has 1 saturated heterocycles. The maximum absolute atomic E-state index is 12.9. The van der Waals surface area contributed by atoms with Crippen LogP contribution in [0.4, 0.5) is 13.2 Å². The zero-order chi connectivity index (χ0) is 19.6. The number of nitrogens with one attached hydrogen (secondary N) is 1. The molecule has 144 valence electrons. The van der Waals surface area contributed by atoms with Crippen LogP contribution in [0.15, 0.2) is 40.8 Å². The van der Waals surface area contributed by atoms with Gasteiger partial charge in [-0.1, -0.05) is 12.1 Å². The summed E-state index contributed by atoms with van der Waals surface area (Å²) in [7, 11) is 1.51. The number of likely N-dealkylation sites (N-methyl/N-ethyl adjacent to an activating group) is 1. The molecule has 1 aromatic heterocycles. The van der Waals surface area contributed by atoms with Gasteiger partial charge in [-0.25, -0.2) is 0 Å². The lowest BCUT2D eigenvalue weighted by Crippen LogP contribution is -2.51. The topological polar surface area (TPSA) is 62.6 Å². The van der Waals surface area contributed by atoms with E-state index in [1.165, 1.54) is 36.2 Å². The Kier molecular flexibility index (Phi) is 5.25. The molecule has 0 bridgehead atoms. The minimum Gasteiger partial charge on any atom is -0.451 e. The van der Waals surface area contributed by atoms with Crippen LogP contribution < -0.4 is 5.32 Å². The quantitative estimate of drug-likeness (QED) is 0.883. The van der Waals surface area contributed by atoms with E-state index < -0.39 is 23.7 Å². The molecule has 1 N–H and O–H groups in total. The highest BCUT2D eigenvalue weighted by Crippen LogP contribution is 2.33. The van der Waals surface area contributed by atoms with Gasteiger partial charge >= 0.3 is 6.18 Å². The minimum atomic E-state index is -4.46. The van der Waals surface area contributed by atoms with Gasteiger partial charge in [0.2, 0.25) is 5.91 Å². The number of hydrogen-bond donors (Lipinski definition) is 1. The third kappa shape index (κ3) is 3.99. The van der Waals surface area contributed by atoms with Crippen LogP contribution in [-0.4, -0.2) is 36.3 Å². The molecule has 5 nitrogen and oxygen atoms in total. The smallest absolute Gasteiger partial charge is 0.416 e. The maximum Gasteiger partial charge on any atom is 0.416 e. The third-order valence-corrected chi connectivity index (χ3v) is 4.60. The highest BCUT2D eigenvalue weighted by Gasteiger charge is 2.34. The van der Waals surface area contributed by atoms with Gasteiger partial charge in [-0.3, -0.25) is 9.59 Å². The number of piperidine rings is 1. The molecule has 0 saturated carbocycles. The fraction of sp³-hybridized carbons (Fsp3) is 0.368. The van der Waals surface area contributed by atoms with E-state index in [1.807, 2.05) is 0 Å². The maximum atomic E-state index is 12.9. The van der Waals surface area contributed by atoms with E-state index in [0.717, 1.165) is 25.0 Å². The van der Waals surface area contributed by atoms with Crippen molar-refractivity contribution in [3.05, 3.63) is 47.7 Å². The number of likely N-dealkylation sites (tertiary alicyclic amines) is 1. The summed E-state index contributed by atoms with van der Waals surface area (Å²) in [4.78, 5) is 26.3. The van der Waals surface area contributed by atoms with Crippen molar-refractivity contribution >= 4 is 11.8 Å².